The summed E-state index contributed by atoms with van der Waals surface area (Å²) in [5.41, 5.74) is 0.707. The van der Waals surface area contributed by atoms with Gasteiger partial charge in [-0.25, -0.2) is 4.98 Å². The van der Waals surface area contributed by atoms with Gasteiger partial charge in [-0.1, -0.05) is 25.6 Å². The summed E-state index contributed by atoms with van der Waals surface area (Å²) in [6, 6.07) is 2.01. The van der Waals surface area contributed by atoms with Crippen LogP contribution in [-0.4, -0.2) is 27.3 Å². The van der Waals surface area contributed by atoms with Crippen LogP contribution in [0.25, 0.3) is 10.2 Å². The summed E-state index contributed by atoms with van der Waals surface area (Å²) in [4.78, 5) is 28.9. The summed E-state index contributed by atoms with van der Waals surface area (Å²) < 4.78 is 2.36. The monoisotopic (exact) mass is 339 g/mol. The second-order valence-corrected chi connectivity index (χ2v) is 7.01. The molecule has 0 spiro atoms. The number of thioether (sulfide) groups is 1. The zero-order valence-corrected chi connectivity index (χ0v) is 14.7. The van der Waals surface area contributed by atoms with E-state index >= 15 is 0 Å². The highest BCUT2D eigenvalue weighted by atomic mass is 32.2. The minimum Gasteiger partial charge on any atom is -0.353 e. The number of fused-ring (bicyclic) bond motifs is 1. The molecule has 1 amide bonds. The highest BCUT2D eigenvalue weighted by molar-refractivity contribution is 7.99. The summed E-state index contributed by atoms with van der Waals surface area (Å²) in [5.74, 6) is 0.248. The number of hydrogen-bond acceptors (Lipinski definition) is 5. The van der Waals surface area contributed by atoms with Crippen LogP contribution in [0, 0.1) is 0 Å². The van der Waals surface area contributed by atoms with Crippen molar-refractivity contribution in [2.45, 2.75) is 51.4 Å². The molecule has 0 bridgehead atoms. The molecule has 22 heavy (non-hydrogen) atoms. The van der Waals surface area contributed by atoms with Gasteiger partial charge in [-0.05, 0) is 31.2 Å². The van der Waals surface area contributed by atoms with Gasteiger partial charge in [0.05, 0.1) is 11.3 Å². The highest BCUT2D eigenvalue weighted by Gasteiger charge is 2.14. The summed E-state index contributed by atoms with van der Waals surface area (Å²) >= 11 is 2.74. The number of hydrogen-bond donors (Lipinski definition) is 1. The molecule has 7 heteroatoms. The Morgan fingerprint density at radius 1 is 1.50 bits per heavy atom. The lowest BCUT2D eigenvalue weighted by Crippen LogP contribution is -2.33. The maximum atomic E-state index is 12.5. The molecule has 1 atom stereocenters. The van der Waals surface area contributed by atoms with Crippen molar-refractivity contribution in [3.05, 3.63) is 21.8 Å². The third kappa shape index (κ3) is 3.89. The standard InChI is InChI=1S/C15H21N3O2S2/c1-4-7-18-14(20)13-11(6-8-21-13)17-15(18)22-9-12(19)16-10(3)5-2/h6,8,10H,4-5,7,9H2,1-3H3,(H,16,19)/t10-/m1/s1. The fraction of sp³-hybridized carbons (Fsp3) is 0.533. The van der Waals surface area contributed by atoms with E-state index in [0.717, 1.165) is 12.8 Å². The van der Waals surface area contributed by atoms with Gasteiger partial charge in [0.25, 0.3) is 5.56 Å². The van der Waals surface area contributed by atoms with E-state index in [1.165, 1.54) is 23.1 Å². The largest absolute Gasteiger partial charge is 0.353 e. The van der Waals surface area contributed by atoms with E-state index < -0.39 is 0 Å². The number of nitrogens with zero attached hydrogens (tertiary/aromatic N) is 2. The smallest absolute Gasteiger partial charge is 0.272 e. The molecular weight excluding hydrogens is 318 g/mol. The summed E-state index contributed by atoms with van der Waals surface area (Å²) in [6.07, 6.45) is 1.75. The van der Waals surface area contributed by atoms with Crippen molar-refractivity contribution in [1.82, 2.24) is 14.9 Å². The number of nitrogens with one attached hydrogen (secondary N) is 1. The number of amides is 1. The van der Waals surface area contributed by atoms with Gasteiger partial charge in [0.2, 0.25) is 5.91 Å². The molecule has 120 valence electrons. The van der Waals surface area contributed by atoms with Crippen LogP contribution in [0.5, 0.6) is 0 Å². The molecule has 0 aliphatic rings. The van der Waals surface area contributed by atoms with Crippen molar-refractivity contribution in [2.24, 2.45) is 0 Å². The molecule has 2 aromatic rings. The predicted molar refractivity (Wildman–Crippen MR) is 92.8 cm³/mol. The Morgan fingerprint density at radius 2 is 2.27 bits per heavy atom. The minimum absolute atomic E-state index is 0.00770. The first-order valence-corrected chi connectivity index (χ1v) is 9.33. The van der Waals surface area contributed by atoms with Crippen LogP contribution in [0.3, 0.4) is 0 Å². The predicted octanol–water partition coefficient (Wildman–Crippen LogP) is 2.87. The number of rotatable bonds is 7. The van der Waals surface area contributed by atoms with E-state index in [1.54, 1.807) is 4.57 Å². The molecule has 0 fully saturated rings. The Labute approximate surface area is 138 Å². The first-order valence-electron chi connectivity index (χ1n) is 7.47. The van der Waals surface area contributed by atoms with Crippen molar-refractivity contribution in [1.29, 1.82) is 0 Å². The van der Waals surface area contributed by atoms with Crippen molar-refractivity contribution < 1.29 is 4.79 Å². The number of carbonyl (C=O) groups excluding carboxylic acids is 1. The molecule has 0 saturated heterocycles. The Kier molecular flexibility index (Phi) is 6.02. The zero-order valence-electron chi connectivity index (χ0n) is 13.1. The van der Waals surface area contributed by atoms with Crippen LogP contribution in [0.4, 0.5) is 0 Å². The summed E-state index contributed by atoms with van der Waals surface area (Å²) in [7, 11) is 0. The van der Waals surface area contributed by atoms with Gasteiger partial charge in [0, 0.05) is 12.6 Å². The molecule has 0 radical (unpaired) electrons. The van der Waals surface area contributed by atoms with Crippen LogP contribution in [0.15, 0.2) is 21.4 Å². The van der Waals surface area contributed by atoms with Crippen LogP contribution in [-0.2, 0) is 11.3 Å². The van der Waals surface area contributed by atoms with E-state index in [0.29, 0.717) is 21.9 Å². The number of carbonyl (C=O) groups is 1. The second kappa shape index (κ2) is 7.78. The average Bonchev–Trinajstić information content (AvgIpc) is 2.97. The number of aromatic nitrogens is 2. The molecule has 0 aliphatic heterocycles. The first-order chi connectivity index (χ1) is 10.6. The maximum Gasteiger partial charge on any atom is 0.272 e. The van der Waals surface area contributed by atoms with Crippen LogP contribution >= 0.6 is 23.1 Å². The minimum atomic E-state index is -0.0259. The molecule has 0 aliphatic carbocycles. The molecule has 0 saturated carbocycles. The zero-order chi connectivity index (χ0) is 16.1. The molecule has 1 N–H and O–H groups in total. The fourth-order valence-corrected chi connectivity index (χ4v) is 3.62. The van der Waals surface area contributed by atoms with Crippen LogP contribution in [0.1, 0.15) is 33.6 Å². The van der Waals surface area contributed by atoms with Gasteiger partial charge in [-0.2, -0.15) is 0 Å². The third-order valence-electron chi connectivity index (χ3n) is 3.33. The van der Waals surface area contributed by atoms with Gasteiger partial charge in [-0.15, -0.1) is 11.3 Å². The quantitative estimate of drug-likeness (QED) is 0.622. The second-order valence-electron chi connectivity index (χ2n) is 5.15. The SMILES string of the molecule is CCCn1c(SCC(=O)N[C@H](C)CC)nc2ccsc2c1=O. The maximum absolute atomic E-state index is 12.5. The van der Waals surface area contributed by atoms with E-state index in [1.807, 2.05) is 32.2 Å². The molecule has 2 heterocycles. The molecule has 5 nitrogen and oxygen atoms in total. The molecule has 2 aromatic heterocycles. The Morgan fingerprint density at radius 3 is 2.95 bits per heavy atom. The Bertz CT molecular complexity index is 708. The van der Waals surface area contributed by atoms with Crippen molar-refractivity contribution in [2.75, 3.05) is 5.75 Å². The van der Waals surface area contributed by atoms with E-state index in [9.17, 15) is 9.59 Å². The third-order valence-corrected chi connectivity index (χ3v) is 5.20. The summed E-state index contributed by atoms with van der Waals surface area (Å²) in [5, 5.41) is 5.42. The number of thiophene rings is 1. The van der Waals surface area contributed by atoms with Crippen molar-refractivity contribution >= 4 is 39.2 Å². The normalized spacial score (nSPS) is 12.5. The van der Waals surface area contributed by atoms with Crippen molar-refractivity contribution in [3.63, 3.8) is 0 Å². The topological polar surface area (TPSA) is 64.0 Å². The highest BCUT2D eigenvalue weighted by Crippen LogP contribution is 2.21. The van der Waals surface area contributed by atoms with Gasteiger partial charge in [0.1, 0.15) is 4.70 Å². The Balaban J connectivity index is 2.20. The van der Waals surface area contributed by atoms with Crippen LogP contribution < -0.4 is 10.9 Å². The molecular formula is C15H21N3O2S2. The van der Waals surface area contributed by atoms with Gasteiger partial charge >= 0.3 is 0 Å². The van der Waals surface area contributed by atoms with Crippen molar-refractivity contribution in [3.8, 4) is 0 Å². The van der Waals surface area contributed by atoms with E-state index in [-0.39, 0.29) is 23.3 Å². The van der Waals surface area contributed by atoms with Crippen LogP contribution in [0.2, 0.25) is 0 Å². The van der Waals surface area contributed by atoms with Gasteiger partial charge in [-0.3, -0.25) is 14.2 Å². The molecule has 0 aromatic carbocycles. The van der Waals surface area contributed by atoms with Gasteiger partial charge in [0.15, 0.2) is 5.16 Å². The fourth-order valence-electron chi connectivity index (χ4n) is 2.00. The molecule has 0 unspecified atom stereocenters. The lowest BCUT2D eigenvalue weighted by Gasteiger charge is -2.13. The Hall–Kier alpha value is -1.34. The first kappa shape index (κ1) is 17.0. The average molecular weight is 339 g/mol. The lowest BCUT2D eigenvalue weighted by atomic mass is 10.3. The molecule has 2 rings (SSSR count). The van der Waals surface area contributed by atoms with E-state index in [4.69, 9.17) is 0 Å². The summed E-state index contributed by atoms with van der Waals surface area (Å²) in [6.45, 7) is 6.65. The van der Waals surface area contributed by atoms with E-state index in [2.05, 4.69) is 10.3 Å². The van der Waals surface area contributed by atoms with Gasteiger partial charge < -0.3 is 5.32 Å². The lowest BCUT2D eigenvalue weighted by molar-refractivity contribution is -0.119.